The Kier molecular flexibility index (Phi) is 4.02. The lowest BCUT2D eigenvalue weighted by molar-refractivity contribution is 0.384. The van der Waals surface area contributed by atoms with Crippen LogP contribution in [0.15, 0.2) is 16.6 Å². The first-order valence-electron chi connectivity index (χ1n) is 5.38. The second-order valence-electron chi connectivity index (χ2n) is 5.45. The summed E-state index contributed by atoms with van der Waals surface area (Å²) >= 11 is 3.41. The third-order valence-corrected chi connectivity index (χ3v) is 3.10. The first kappa shape index (κ1) is 13.5. The number of hydrogen-bond donors (Lipinski definition) is 1. The molecule has 0 radical (unpaired) electrons. The molecule has 0 bridgehead atoms. The molecular weight excluding hydrogens is 266 g/mol. The van der Waals surface area contributed by atoms with E-state index in [1.54, 1.807) is 0 Å². The highest BCUT2D eigenvalue weighted by Crippen LogP contribution is 2.34. The maximum Gasteiger partial charge on any atom is 0.134 e. The molecule has 3 heteroatoms. The Labute approximate surface area is 106 Å². The van der Waals surface area contributed by atoms with Crippen LogP contribution in [0.25, 0.3) is 0 Å². The van der Waals surface area contributed by atoms with Crippen molar-refractivity contribution in [3.05, 3.63) is 27.7 Å². The highest BCUT2D eigenvalue weighted by atomic mass is 79.9. The van der Waals surface area contributed by atoms with E-state index >= 15 is 0 Å². The van der Waals surface area contributed by atoms with E-state index in [1.165, 1.54) is 5.56 Å². The molecule has 0 fully saturated rings. The second-order valence-corrected chi connectivity index (χ2v) is 6.31. The average Bonchev–Trinajstić information content (AvgIpc) is 2.10. The zero-order valence-electron chi connectivity index (χ0n) is 10.6. The zero-order valence-corrected chi connectivity index (χ0v) is 12.2. The molecule has 0 aliphatic heterocycles. The molecule has 1 rings (SSSR count). The number of aromatic hydroxyl groups is 1. The van der Waals surface area contributed by atoms with Gasteiger partial charge in [0, 0.05) is 12.1 Å². The van der Waals surface area contributed by atoms with Gasteiger partial charge in [0.15, 0.2) is 0 Å². The van der Waals surface area contributed by atoms with Crippen molar-refractivity contribution in [3.8, 4) is 5.75 Å². The van der Waals surface area contributed by atoms with Gasteiger partial charge in [-0.05, 0) is 47.1 Å². The normalized spacial score (nSPS) is 12.2. The van der Waals surface area contributed by atoms with Gasteiger partial charge in [0.05, 0.1) is 4.47 Å². The van der Waals surface area contributed by atoms with Crippen molar-refractivity contribution < 1.29 is 5.11 Å². The quantitative estimate of drug-likeness (QED) is 0.899. The lowest BCUT2D eigenvalue weighted by Crippen LogP contribution is -2.14. The van der Waals surface area contributed by atoms with Gasteiger partial charge in [0.2, 0.25) is 0 Å². The van der Waals surface area contributed by atoms with E-state index in [-0.39, 0.29) is 5.41 Å². The van der Waals surface area contributed by atoms with Gasteiger partial charge >= 0.3 is 0 Å². The topological polar surface area (TPSA) is 23.5 Å². The Morgan fingerprint density at radius 2 is 1.81 bits per heavy atom. The minimum Gasteiger partial charge on any atom is -0.506 e. The van der Waals surface area contributed by atoms with E-state index in [4.69, 9.17) is 0 Å². The predicted octanol–water partition coefficient (Wildman–Crippen LogP) is 3.51. The Morgan fingerprint density at radius 1 is 1.25 bits per heavy atom. The van der Waals surface area contributed by atoms with Crippen LogP contribution < -0.4 is 0 Å². The molecule has 16 heavy (non-hydrogen) atoms. The van der Waals surface area contributed by atoms with Crippen molar-refractivity contribution in [1.82, 2.24) is 4.90 Å². The van der Waals surface area contributed by atoms with Crippen LogP contribution >= 0.6 is 15.9 Å². The Bertz CT molecular complexity index is 380. The third kappa shape index (κ3) is 3.22. The predicted molar refractivity (Wildman–Crippen MR) is 71.9 cm³/mol. The first-order valence-corrected chi connectivity index (χ1v) is 6.17. The van der Waals surface area contributed by atoms with E-state index in [1.807, 2.05) is 25.1 Å². The van der Waals surface area contributed by atoms with Crippen molar-refractivity contribution in [1.29, 1.82) is 0 Å². The van der Waals surface area contributed by atoms with Crippen LogP contribution in [0.5, 0.6) is 5.75 Å². The number of halogens is 1. The van der Waals surface area contributed by atoms with Crippen LogP contribution in [0.2, 0.25) is 0 Å². The van der Waals surface area contributed by atoms with Crippen molar-refractivity contribution >= 4 is 15.9 Å². The smallest absolute Gasteiger partial charge is 0.134 e. The molecule has 0 atom stereocenters. The Hall–Kier alpha value is -0.540. The summed E-state index contributed by atoms with van der Waals surface area (Å²) in [5.74, 6) is 0.349. The lowest BCUT2D eigenvalue weighted by Gasteiger charge is -2.22. The number of rotatable bonds is 2. The molecule has 0 aliphatic carbocycles. The van der Waals surface area contributed by atoms with Gasteiger partial charge in [-0.25, -0.2) is 0 Å². The first-order chi connectivity index (χ1) is 7.21. The zero-order chi connectivity index (χ0) is 12.5. The standard InChI is InChI=1S/C13H20BrNO/c1-13(2,3)10-6-9(8-15(4)5)12(16)11(14)7-10/h6-7,16H,8H2,1-5H3. The van der Waals surface area contributed by atoms with Gasteiger partial charge in [-0.2, -0.15) is 0 Å². The average molecular weight is 286 g/mol. The van der Waals surface area contributed by atoms with Gasteiger partial charge in [-0.1, -0.05) is 26.8 Å². The minimum atomic E-state index is 0.0945. The summed E-state index contributed by atoms with van der Waals surface area (Å²) < 4.78 is 0.775. The molecule has 1 N–H and O–H groups in total. The largest absolute Gasteiger partial charge is 0.506 e. The van der Waals surface area contributed by atoms with Crippen LogP contribution in [0.3, 0.4) is 0 Å². The fourth-order valence-electron chi connectivity index (χ4n) is 1.55. The molecule has 1 aromatic rings. The number of nitrogens with zero attached hydrogens (tertiary/aromatic N) is 1. The number of hydrogen-bond acceptors (Lipinski definition) is 2. The molecule has 0 aromatic heterocycles. The van der Waals surface area contributed by atoms with E-state index in [9.17, 15) is 5.11 Å². The van der Waals surface area contributed by atoms with Crippen LogP contribution in [0, 0.1) is 0 Å². The van der Waals surface area contributed by atoms with Gasteiger partial charge in [-0.3, -0.25) is 0 Å². The number of phenols is 1. The molecule has 2 nitrogen and oxygen atoms in total. The number of phenolic OH excluding ortho intramolecular Hbond substituents is 1. The summed E-state index contributed by atoms with van der Waals surface area (Å²) in [6.45, 7) is 7.26. The van der Waals surface area contributed by atoms with Crippen molar-refractivity contribution in [3.63, 3.8) is 0 Å². The molecule has 0 heterocycles. The number of benzene rings is 1. The van der Waals surface area contributed by atoms with Gasteiger partial charge in [0.25, 0.3) is 0 Å². The molecular formula is C13H20BrNO. The highest BCUT2D eigenvalue weighted by molar-refractivity contribution is 9.10. The maximum absolute atomic E-state index is 9.96. The molecule has 0 aliphatic rings. The molecule has 0 saturated carbocycles. The molecule has 0 spiro atoms. The molecule has 1 aromatic carbocycles. The van der Waals surface area contributed by atoms with Crippen molar-refractivity contribution in [2.45, 2.75) is 32.7 Å². The van der Waals surface area contributed by atoms with E-state index in [0.717, 1.165) is 16.6 Å². The van der Waals surface area contributed by atoms with Gasteiger partial charge in [-0.15, -0.1) is 0 Å². The van der Waals surface area contributed by atoms with Crippen LogP contribution in [0.4, 0.5) is 0 Å². The molecule has 0 amide bonds. The molecule has 0 unspecified atom stereocenters. The van der Waals surface area contributed by atoms with E-state index in [0.29, 0.717) is 5.75 Å². The van der Waals surface area contributed by atoms with Crippen LogP contribution in [-0.4, -0.2) is 24.1 Å². The Morgan fingerprint density at radius 3 is 2.25 bits per heavy atom. The fraction of sp³-hybridized carbons (Fsp3) is 0.538. The fourth-order valence-corrected chi connectivity index (χ4v) is 2.05. The summed E-state index contributed by atoms with van der Waals surface area (Å²) in [5, 5.41) is 9.96. The SMILES string of the molecule is CN(C)Cc1cc(C(C)(C)C)cc(Br)c1O. The highest BCUT2D eigenvalue weighted by Gasteiger charge is 2.17. The van der Waals surface area contributed by atoms with Crippen LogP contribution in [0.1, 0.15) is 31.9 Å². The van der Waals surface area contributed by atoms with Gasteiger partial charge < -0.3 is 10.0 Å². The summed E-state index contributed by atoms with van der Waals surface area (Å²) in [6.07, 6.45) is 0. The van der Waals surface area contributed by atoms with Gasteiger partial charge in [0.1, 0.15) is 5.75 Å². The lowest BCUT2D eigenvalue weighted by atomic mass is 9.86. The molecule has 90 valence electrons. The maximum atomic E-state index is 9.96. The monoisotopic (exact) mass is 285 g/mol. The summed E-state index contributed by atoms with van der Waals surface area (Å²) in [7, 11) is 3.99. The summed E-state index contributed by atoms with van der Waals surface area (Å²) in [5.41, 5.74) is 2.29. The summed E-state index contributed by atoms with van der Waals surface area (Å²) in [6, 6.07) is 4.08. The van der Waals surface area contributed by atoms with E-state index in [2.05, 4.69) is 42.8 Å². The second kappa shape index (κ2) is 4.76. The Balaban J connectivity index is 3.22. The summed E-state index contributed by atoms with van der Waals surface area (Å²) in [4.78, 5) is 2.05. The minimum absolute atomic E-state index is 0.0945. The van der Waals surface area contributed by atoms with Crippen LogP contribution in [-0.2, 0) is 12.0 Å². The third-order valence-electron chi connectivity index (χ3n) is 2.49. The van der Waals surface area contributed by atoms with E-state index < -0.39 is 0 Å². The molecule has 0 saturated heterocycles. The van der Waals surface area contributed by atoms with Crippen molar-refractivity contribution in [2.24, 2.45) is 0 Å². The van der Waals surface area contributed by atoms with Crippen molar-refractivity contribution in [2.75, 3.05) is 14.1 Å².